The zero-order chi connectivity index (χ0) is 11.6. The van der Waals surface area contributed by atoms with Crippen LogP contribution in [0.5, 0.6) is 0 Å². The molecule has 84 valence electrons. The molecule has 0 saturated heterocycles. The zero-order valence-corrected chi connectivity index (χ0v) is 9.46. The first-order valence-electron chi connectivity index (χ1n) is 4.76. The van der Waals surface area contributed by atoms with Crippen LogP contribution in [-0.4, -0.2) is 16.7 Å². The van der Waals surface area contributed by atoms with E-state index in [2.05, 4.69) is 0 Å². The molecule has 1 aromatic rings. The maximum atomic E-state index is 10.6. The molecule has 15 heavy (non-hydrogen) atoms. The lowest BCUT2D eigenvalue weighted by Gasteiger charge is -2.18. The van der Waals surface area contributed by atoms with E-state index in [1.165, 1.54) is 6.07 Å². The highest BCUT2D eigenvalue weighted by Crippen LogP contribution is 2.18. The molecule has 1 aromatic heterocycles. The quantitative estimate of drug-likeness (QED) is 0.836. The van der Waals surface area contributed by atoms with Gasteiger partial charge in [-0.25, -0.2) is 4.79 Å². The Labute approximate surface area is 88.8 Å². The molecular weight excluding hydrogens is 196 g/mol. The summed E-state index contributed by atoms with van der Waals surface area (Å²) in [7, 11) is 0. The molecule has 1 rings (SSSR count). The Morgan fingerprint density at radius 2 is 2.13 bits per heavy atom. The van der Waals surface area contributed by atoms with Crippen molar-refractivity contribution in [1.29, 1.82) is 0 Å². The third-order valence-electron chi connectivity index (χ3n) is 1.89. The van der Waals surface area contributed by atoms with Crippen LogP contribution in [0.3, 0.4) is 0 Å². The summed E-state index contributed by atoms with van der Waals surface area (Å²) in [5.41, 5.74) is 0.537. The van der Waals surface area contributed by atoms with E-state index in [9.17, 15) is 4.79 Å². The standard InChI is InChI=1S/C11H16O4/c1-7-8(6-14-11(2,3)4)5-9(15-7)10(12)13/h5H,6H2,1-4H3,(H,12,13). The Balaban J connectivity index is 2.74. The third kappa shape index (κ3) is 3.40. The molecule has 0 saturated carbocycles. The number of aromatic carboxylic acids is 1. The summed E-state index contributed by atoms with van der Waals surface area (Å²) in [6.07, 6.45) is 0. The number of hydrogen-bond donors (Lipinski definition) is 1. The van der Waals surface area contributed by atoms with Gasteiger partial charge in [-0.05, 0) is 33.8 Å². The molecule has 0 atom stereocenters. The number of aryl methyl sites for hydroxylation is 1. The molecule has 0 aliphatic rings. The number of ether oxygens (including phenoxy) is 1. The van der Waals surface area contributed by atoms with Gasteiger partial charge in [0.05, 0.1) is 12.2 Å². The van der Waals surface area contributed by atoms with Gasteiger partial charge in [-0.2, -0.15) is 0 Å². The Hall–Kier alpha value is -1.29. The summed E-state index contributed by atoms with van der Waals surface area (Å²) in [5.74, 6) is -0.503. The first kappa shape index (κ1) is 11.8. The van der Waals surface area contributed by atoms with E-state index in [-0.39, 0.29) is 11.4 Å². The first-order chi connectivity index (χ1) is 6.79. The Kier molecular flexibility index (Phi) is 3.19. The second-order valence-electron chi connectivity index (χ2n) is 4.40. The van der Waals surface area contributed by atoms with Crippen LogP contribution < -0.4 is 0 Å². The second kappa shape index (κ2) is 4.06. The van der Waals surface area contributed by atoms with E-state index < -0.39 is 5.97 Å². The van der Waals surface area contributed by atoms with Gasteiger partial charge in [-0.1, -0.05) is 0 Å². The number of furan rings is 1. The summed E-state index contributed by atoms with van der Waals surface area (Å²) >= 11 is 0. The number of carbonyl (C=O) groups is 1. The maximum Gasteiger partial charge on any atom is 0.371 e. The van der Waals surface area contributed by atoms with Crippen molar-refractivity contribution in [1.82, 2.24) is 0 Å². The van der Waals surface area contributed by atoms with Crippen LogP contribution in [0.1, 0.15) is 42.6 Å². The van der Waals surface area contributed by atoms with Crippen LogP contribution in [0.4, 0.5) is 0 Å². The first-order valence-corrected chi connectivity index (χ1v) is 4.76. The van der Waals surface area contributed by atoms with E-state index in [0.29, 0.717) is 12.4 Å². The molecule has 1 N–H and O–H groups in total. The van der Waals surface area contributed by atoms with Crippen LogP contribution in [-0.2, 0) is 11.3 Å². The Bertz CT molecular complexity index is 357. The van der Waals surface area contributed by atoms with Gasteiger partial charge in [0, 0.05) is 5.56 Å². The van der Waals surface area contributed by atoms with Crippen molar-refractivity contribution in [2.45, 2.75) is 39.9 Å². The number of carboxylic acid groups (broad SMARTS) is 1. The molecule has 4 heteroatoms. The molecule has 0 fully saturated rings. The van der Waals surface area contributed by atoms with Gasteiger partial charge >= 0.3 is 5.97 Å². The highest BCUT2D eigenvalue weighted by Gasteiger charge is 2.16. The van der Waals surface area contributed by atoms with Gasteiger partial charge in [0.2, 0.25) is 5.76 Å². The largest absolute Gasteiger partial charge is 0.475 e. The summed E-state index contributed by atoms with van der Waals surface area (Å²) in [6.45, 7) is 7.93. The number of rotatable bonds is 3. The van der Waals surface area contributed by atoms with Crippen LogP contribution in [0.25, 0.3) is 0 Å². The average Bonchev–Trinajstić information content (AvgIpc) is 2.42. The van der Waals surface area contributed by atoms with Crippen molar-refractivity contribution in [3.05, 3.63) is 23.2 Å². The molecule has 0 bridgehead atoms. The van der Waals surface area contributed by atoms with E-state index in [1.807, 2.05) is 20.8 Å². The highest BCUT2D eigenvalue weighted by atomic mass is 16.5. The van der Waals surface area contributed by atoms with Gasteiger partial charge in [-0.3, -0.25) is 0 Å². The third-order valence-corrected chi connectivity index (χ3v) is 1.89. The zero-order valence-electron chi connectivity index (χ0n) is 9.46. The van der Waals surface area contributed by atoms with Crippen molar-refractivity contribution < 1.29 is 19.1 Å². The van der Waals surface area contributed by atoms with Crippen molar-refractivity contribution in [3.8, 4) is 0 Å². The van der Waals surface area contributed by atoms with Gasteiger partial charge in [0.1, 0.15) is 5.76 Å². The molecule has 0 amide bonds. The average molecular weight is 212 g/mol. The molecule has 0 aliphatic carbocycles. The normalized spacial score (nSPS) is 11.7. The fourth-order valence-electron chi connectivity index (χ4n) is 1.06. The number of carboxylic acids is 1. The van der Waals surface area contributed by atoms with E-state index >= 15 is 0 Å². The monoisotopic (exact) mass is 212 g/mol. The fraction of sp³-hybridized carbons (Fsp3) is 0.545. The summed E-state index contributed by atoms with van der Waals surface area (Å²) in [6, 6.07) is 1.50. The van der Waals surface area contributed by atoms with Gasteiger partial charge in [0.15, 0.2) is 0 Å². The second-order valence-corrected chi connectivity index (χ2v) is 4.40. The minimum absolute atomic E-state index is 0.0417. The van der Waals surface area contributed by atoms with Crippen LogP contribution in [0.2, 0.25) is 0 Å². The molecular formula is C11H16O4. The van der Waals surface area contributed by atoms with Gasteiger partial charge in [-0.15, -0.1) is 0 Å². The lowest BCUT2D eigenvalue weighted by Crippen LogP contribution is -2.18. The van der Waals surface area contributed by atoms with Crippen molar-refractivity contribution >= 4 is 5.97 Å². The molecule has 4 nitrogen and oxygen atoms in total. The lowest BCUT2D eigenvalue weighted by molar-refractivity contribution is -0.0154. The SMILES string of the molecule is Cc1oc(C(=O)O)cc1COC(C)(C)C. The Morgan fingerprint density at radius 1 is 1.53 bits per heavy atom. The van der Waals surface area contributed by atoms with Crippen LogP contribution in [0.15, 0.2) is 10.5 Å². The predicted molar refractivity (Wildman–Crippen MR) is 54.9 cm³/mol. The predicted octanol–water partition coefficient (Wildman–Crippen LogP) is 2.60. The van der Waals surface area contributed by atoms with Crippen molar-refractivity contribution in [2.24, 2.45) is 0 Å². The summed E-state index contributed by atoms with van der Waals surface area (Å²) < 4.78 is 10.6. The van der Waals surface area contributed by atoms with Gasteiger partial charge < -0.3 is 14.3 Å². The maximum absolute atomic E-state index is 10.6. The molecule has 0 aromatic carbocycles. The summed E-state index contributed by atoms with van der Waals surface area (Å²) in [4.78, 5) is 10.6. The minimum atomic E-state index is -1.06. The Morgan fingerprint density at radius 3 is 2.53 bits per heavy atom. The van der Waals surface area contributed by atoms with E-state index in [0.717, 1.165) is 5.56 Å². The molecule has 0 radical (unpaired) electrons. The van der Waals surface area contributed by atoms with Gasteiger partial charge in [0.25, 0.3) is 0 Å². The topological polar surface area (TPSA) is 59.7 Å². The number of hydrogen-bond acceptors (Lipinski definition) is 3. The molecule has 0 unspecified atom stereocenters. The smallest absolute Gasteiger partial charge is 0.371 e. The van der Waals surface area contributed by atoms with Crippen molar-refractivity contribution in [3.63, 3.8) is 0 Å². The minimum Gasteiger partial charge on any atom is -0.475 e. The van der Waals surface area contributed by atoms with E-state index in [4.69, 9.17) is 14.3 Å². The summed E-state index contributed by atoms with van der Waals surface area (Å²) in [5, 5.41) is 8.72. The van der Waals surface area contributed by atoms with Crippen LogP contribution >= 0.6 is 0 Å². The highest BCUT2D eigenvalue weighted by molar-refractivity contribution is 5.84. The fourth-order valence-corrected chi connectivity index (χ4v) is 1.06. The van der Waals surface area contributed by atoms with E-state index in [1.54, 1.807) is 6.92 Å². The van der Waals surface area contributed by atoms with Crippen molar-refractivity contribution in [2.75, 3.05) is 0 Å². The van der Waals surface area contributed by atoms with Crippen LogP contribution in [0, 0.1) is 6.92 Å². The molecule has 1 heterocycles. The lowest BCUT2D eigenvalue weighted by atomic mass is 10.2. The molecule has 0 aliphatic heterocycles. The molecule has 0 spiro atoms.